The lowest BCUT2D eigenvalue weighted by Crippen LogP contribution is -2.07. The van der Waals surface area contributed by atoms with Crippen LogP contribution in [-0.4, -0.2) is 16.5 Å². The van der Waals surface area contributed by atoms with Gasteiger partial charge in [0.15, 0.2) is 0 Å². The zero-order valence-electron chi connectivity index (χ0n) is 12.5. The van der Waals surface area contributed by atoms with Crippen LogP contribution in [-0.2, 0) is 0 Å². The van der Waals surface area contributed by atoms with Crippen LogP contribution in [0.3, 0.4) is 0 Å². The molecule has 21 heavy (non-hydrogen) atoms. The molecule has 0 aliphatic rings. The standard InChI is InChI=1S/C16H19F2N3/c1-4-5-19-15-9-14(20-16(21-15)10(2)3)11-6-12(17)8-13(18)7-11/h6-10H,4-5H2,1-3H3,(H,19,20,21). The Kier molecular flexibility index (Phi) is 4.83. The second kappa shape index (κ2) is 6.61. The van der Waals surface area contributed by atoms with E-state index in [1.807, 2.05) is 13.8 Å². The van der Waals surface area contributed by atoms with Crippen molar-refractivity contribution in [1.82, 2.24) is 9.97 Å². The molecule has 112 valence electrons. The van der Waals surface area contributed by atoms with Crippen LogP contribution < -0.4 is 5.32 Å². The van der Waals surface area contributed by atoms with E-state index in [0.717, 1.165) is 19.0 Å². The maximum Gasteiger partial charge on any atom is 0.133 e. The van der Waals surface area contributed by atoms with Gasteiger partial charge in [0.05, 0.1) is 5.69 Å². The molecule has 2 rings (SSSR count). The summed E-state index contributed by atoms with van der Waals surface area (Å²) in [4.78, 5) is 8.84. The average Bonchev–Trinajstić information content (AvgIpc) is 2.43. The SMILES string of the molecule is CCCNc1cc(-c2cc(F)cc(F)c2)nc(C(C)C)n1. The Hall–Kier alpha value is -2.04. The number of benzene rings is 1. The van der Waals surface area contributed by atoms with Crippen molar-refractivity contribution in [3.8, 4) is 11.3 Å². The van der Waals surface area contributed by atoms with E-state index in [2.05, 4.69) is 22.2 Å². The quantitative estimate of drug-likeness (QED) is 0.889. The number of hydrogen-bond acceptors (Lipinski definition) is 3. The van der Waals surface area contributed by atoms with E-state index in [1.165, 1.54) is 12.1 Å². The van der Waals surface area contributed by atoms with Crippen LogP contribution in [0, 0.1) is 11.6 Å². The van der Waals surface area contributed by atoms with Crippen molar-refractivity contribution in [2.45, 2.75) is 33.1 Å². The number of nitrogens with one attached hydrogen (secondary N) is 1. The van der Waals surface area contributed by atoms with Crippen LogP contribution in [0.5, 0.6) is 0 Å². The smallest absolute Gasteiger partial charge is 0.133 e. The molecule has 1 heterocycles. The Labute approximate surface area is 123 Å². The van der Waals surface area contributed by atoms with Crippen LogP contribution in [0.4, 0.5) is 14.6 Å². The van der Waals surface area contributed by atoms with Gasteiger partial charge in [0.25, 0.3) is 0 Å². The third-order valence-corrected chi connectivity index (χ3v) is 2.97. The third-order valence-electron chi connectivity index (χ3n) is 2.97. The Morgan fingerprint density at radius 2 is 1.71 bits per heavy atom. The van der Waals surface area contributed by atoms with Crippen molar-refractivity contribution in [3.63, 3.8) is 0 Å². The number of rotatable bonds is 5. The van der Waals surface area contributed by atoms with E-state index in [9.17, 15) is 8.78 Å². The van der Waals surface area contributed by atoms with Crippen molar-refractivity contribution in [2.24, 2.45) is 0 Å². The molecule has 5 heteroatoms. The molecule has 0 fully saturated rings. The second-order valence-corrected chi connectivity index (χ2v) is 5.24. The predicted molar refractivity (Wildman–Crippen MR) is 80.3 cm³/mol. The van der Waals surface area contributed by atoms with Gasteiger partial charge in [0, 0.05) is 30.2 Å². The molecule has 0 aliphatic heterocycles. The molecular formula is C16H19F2N3. The molecule has 1 aromatic heterocycles. The van der Waals surface area contributed by atoms with Crippen LogP contribution in [0.1, 0.15) is 38.9 Å². The summed E-state index contributed by atoms with van der Waals surface area (Å²) < 4.78 is 26.8. The normalized spacial score (nSPS) is 11.0. The lowest BCUT2D eigenvalue weighted by Gasteiger charge is -2.11. The van der Waals surface area contributed by atoms with E-state index < -0.39 is 11.6 Å². The number of aromatic nitrogens is 2. The maximum atomic E-state index is 13.4. The lowest BCUT2D eigenvalue weighted by molar-refractivity contribution is 0.584. The molecule has 0 unspecified atom stereocenters. The molecule has 0 amide bonds. The highest BCUT2D eigenvalue weighted by molar-refractivity contribution is 5.62. The van der Waals surface area contributed by atoms with Crippen LogP contribution in [0.15, 0.2) is 24.3 Å². The largest absolute Gasteiger partial charge is 0.370 e. The molecule has 1 aromatic carbocycles. The Morgan fingerprint density at radius 1 is 1.05 bits per heavy atom. The van der Waals surface area contributed by atoms with Crippen molar-refractivity contribution in [3.05, 3.63) is 41.7 Å². The number of halogens is 2. The fourth-order valence-corrected chi connectivity index (χ4v) is 1.92. The van der Waals surface area contributed by atoms with Gasteiger partial charge in [0.1, 0.15) is 23.3 Å². The molecule has 2 aromatic rings. The van der Waals surface area contributed by atoms with Gasteiger partial charge in [-0.15, -0.1) is 0 Å². The first-order valence-corrected chi connectivity index (χ1v) is 7.09. The zero-order chi connectivity index (χ0) is 15.4. The van der Waals surface area contributed by atoms with Gasteiger partial charge in [-0.25, -0.2) is 18.7 Å². The summed E-state index contributed by atoms with van der Waals surface area (Å²) in [5.74, 6) is 0.229. The Balaban J connectivity index is 2.48. The first-order chi connectivity index (χ1) is 9.99. The highest BCUT2D eigenvalue weighted by Gasteiger charge is 2.11. The third kappa shape index (κ3) is 3.97. The minimum Gasteiger partial charge on any atom is -0.370 e. The molecule has 0 saturated carbocycles. The number of hydrogen-bond donors (Lipinski definition) is 1. The number of nitrogens with zero attached hydrogens (tertiary/aromatic N) is 2. The molecule has 3 nitrogen and oxygen atoms in total. The van der Waals surface area contributed by atoms with Crippen LogP contribution in [0.2, 0.25) is 0 Å². The molecule has 0 atom stereocenters. The fourth-order valence-electron chi connectivity index (χ4n) is 1.92. The monoisotopic (exact) mass is 291 g/mol. The van der Waals surface area contributed by atoms with Crippen molar-refractivity contribution < 1.29 is 8.78 Å². The summed E-state index contributed by atoms with van der Waals surface area (Å²) >= 11 is 0. The number of anilines is 1. The first kappa shape index (κ1) is 15.4. The molecule has 0 spiro atoms. The molecule has 1 N–H and O–H groups in total. The minimum atomic E-state index is -0.613. The molecule has 0 saturated heterocycles. The van der Waals surface area contributed by atoms with Gasteiger partial charge in [0.2, 0.25) is 0 Å². The van der Waals surface area contributed by atoms with Gasteiger partial charge in [-0.3, -0.25) is 0 Å². The highest BCUT2D eigenvalue weighted by atomic mass is 19.1. The van der Waals surface area contributed by atoms with Gasteiger partial charge >= 0.3 is 0 Å². The van der Waals surface area contributed by atoms with E-state index in [0.29, 0.717) is 22.9 Å². The minimum absolute atomic E-state index is 0.130. The second-order valence-electron chi connectivity index (χ2n) is 5.24. The lowest BCUT2D eigenvalue weighted by atomic mass is 10.1. The van der Waals surface area contributed by atoms with Gasteiger partial charge in [-0.05, 0) is 18.6 Å². The van der Waals surface area contributed by atoms with Crippen molar-refractivity contribution in [1.29, 1.82) is 0 Å². The van der Waals surface area contributed by atoms with Gasteiger partial charge in [-0.2, -0.15) is 0 Å². The maximum absolute atomic E-state index is 13.4. The highest BCUT2D eigenvalue weighted by Crippen LogP contribution is 2.24. The molecule has 0 radical (unpaired) electrons. The van der Waals surface area contributed by atoms with E-state index in [4.69, 9.17) is 0 Å². The predicted octanol–water partition coefficient (Wildman–Crippen LogP) is 4.37. The Morgan fingerprint density at radius 3 is 2.29 bits per heavy atom. The average molecular weight is 291 g/mol. The van der Waals surface area contributed by atoms with Crippen LogP contribution >= 0.6 is 0 Å². The summed E-state index contributed by atoms with van der Waals surface area (Å²) in [5.41, 5.74) is 0.932. The Bertz CT molecular complexity index is 607. The van der Waals surface area contributed by atoms with E-state index >= 15 is 0 Å². The topological polar surface area (TPSA) is 37.8 Å². The van der Waals surface area contributed by atoms with Gasteiger partial charge in [-0.1, -0.05) is 20.8 Å². The summed E-state index contributed by atoms with van der Waals surface area (Å²) in [7, 11) is 0. The van der Waals surface area contributed by atoms with Crippen molar-refractivity contribution >= 4 is 5.82 Å². The van der Waals surface area contributed by atoms with E-state index in [1.54, 1.807) is 6.07 Å². The summed E-state index contributed by atoms with van der Waals surface area (Å²) in [5, 5.41) is 3.19. The summed E-state index contributed by atoms with van der Waals surface area (Å²) in [6.45, 7) is 6.80. The van der Waals surface area contributed by atoms with Crippen LogP contribution in [0.25, 0.3) is 11.3 Å². The van der Waals surface area contributed by atoms with E-state index in [-0.39, 0.29) is 5.92 Å². The van der Waals surface area contributed by atoms with Gasteiger partial charge < -0.3 is 5.32 Å². The molecule has 0 aliphatic carbocycles. The fraction of sp³-hybridized carbons (Fsp3) is 0.375. The van der Waals surface area contributed by atoms with Crippen molar-refractivity contribution in [2.75, 3.05) is 11.9 Å². The zero-order valence-corrected chi connectivity index (χ0v) is 12.5. The molecular weight excluding hydrogens is 272 g/mol. The molecule has 0 bridgehead atoms. The summed E-state index contributed by atoms with van der Waals surface area (Å²) in [6, 6.07) is 5.12. The first-order valence-electron chi connectivity index (χ1n) is 7.09. The summed E-state index contributed by atoms with van der Waals surface area (Å²) in [6.07, 6.45) is 0.963.